The highest BCUT2D eigenvalue weighted by molar-refractivity contribution is 5.85. The molecule has 2 aliphatic carbocycles. The van der Waals surface area contributed by atoms with Crippen LogP contribution in [0.15, 0.2) is 77.9 Å². The Morgan fingerprint density at radius 1 is 1.19 bits per heavy atom. The number of aromatic nitrogens is 1. The van der Waals surface area contributed by atoms with E-state index >= 15 is 0 Å². The Morgan fingerprint density at radius 2 is 2.03 bits per heavy atom. The van der Waals surface area contributed by atoms with Crippen molar-refractivity contribution >= 4 is 17.4 Å². The van der Waals surface area contributed by atoms with Gasteiger partial charge in [0.05, 0.1) is 19.6 Å². The van der Waals surface area contributed by atoms with Crippen LogP contribution >= 0.6 is 0 Å². The van der Waals surface area contributed by atoms with Gasteiger partial charge in [-0.2, -0.15) is 5.06 Å². The number of fused-ring (bicyclic) bond motifs is 4. The third kappa shape index (κ3) is 3.88. The molecule has 1 aromatic carbocycles. The number of anilines is 1. The summed E-state index contributed by atoms with van der Waals surface area (Å²) in [7, 11) is 0. The SMILES string of the molecule is CC1=C2OCCCN(c3ccccn3)OC1=CC1Cc3ccccc3C(CC(=O)O)=CC21. The number of hydrogen-bond donors (Lipinski definition) is 1. The molecular weight excluding hydrogens is 404 g/mol. The molecular formula is C26H26N2O4. The van der Waals surface area contributed by atoms with Crippen molar-refractivity contribution in [3.8, 4) is 0 Å². The maximum Gasteiger partial charge on any atom is 0.307 e. The zero-order chi connectivity index (χ0) is 22.1. The van der Waals surface area contributed by atoms with Crippen LogP contribution in [0.2, 0.25) is 0 Å². The number of allylic oxidation sites excluding steroid dienone is 3. The van der Waals surface area contributed by atoms with Crippen molar-refractivity contribution in [1.82, 2.24) is 4.98 Å². The summed E-state index contributed by atoms with van der Waals surface area (Å²) >= 11 is 0. The Bertz CT molecular complexity index is 1120. The second kappa shape index (κ2) is 8.54. The fraction of sp³-hybridized carbons (Fsp3) is 0.308. The molecule has 2 atom stereocenters. The number of nitrogens with zero attached hydrogens (tertiary/aromatic N) is 2. The Morgan fingerprint density at radius 3 is 2.84 bits per heavy atom. The zero-order valence-corrected chi connectivity index (χ0v) is 18.0. The van der Waals surface area contributed by atoms with E-state index in [9.17, 15) is 9.90 Å². The number of aliphatic carboxylic acids is 1. The van der Waals surface area contributed by atoms with E-state index in [1.54, 1.807) is 6.20 Å². The number of hydroxylamine groups is 1. The molecule has 6 heteroatoms. The topological polar surface area (TPSA) is 71.9 Å². The summed E-state index contributed by atoms with van der Waals surface area (Å²) in [5.41, 5.74) is 3.96. The summed E-state index contributed by atoms with van der Waals surface area (Å²) < 4.78 is 6.33. The second-order valence-corrected chi connectivity index (χ2v) is 8.42. The van der Waals surface area contributed by atoms with Crippen LogP contribution in [0.4, 0.5) is 5.82 Å². The standard InChI is InChI=1S/C26H26N2O4/c1-17-23-15-19-13-18-7-2-3-8-21(18)20(16-25(29)30)14-22(19)26(17)31-12-6-11-28(32-23)24-9-4-5-10-27-24/h2-5,7-10,14-15,19,22H,6,11-13,16H2,1H3,(H,29,30). The Labute approximate surface area is 187 Å². The maximum atomic E-state index is 11.6. The van der Waals surface area contributed by atoms with Gasteiger partial charge in [0.25, 0.3) is 0 Å². The third-order valence-electron chi connectivity index (χ3n) is 6.29. The largest absolute Gasteiger partial charge is 0.497 e. The van der Waals surface area contributed by atoms with Gasteiger partial charge >= 0.3 is 5.97 Å². The molecule has 0 saturated carbocycles. The van der Waals surface area contributed by atoms with E-state index in [0.29, 0.717) is 13.2 Å². The van der Waals surface area contributed by atoms with Crippen LogP contribution in [-0.4, -0.2) is 29.2 Å². The fourth-order valence-electron chi connectivity index (χ4n) is 4.78. The first-order valence-corrected chi connectivity index (χ1v) is 11.0. The van der Waals surface area contributed by atoms with E-state index in [-0.39, 0.29) is 18.3 Å². The molecule has 1 aliphatic heterocycles. The fourth-order valence-corrected chi connectivity index (χ4v) is 4.78. The molecule has 0 spiro atoms. The van der Waals surface area contributed by atoms with Crippen LogP contribution in [-0.2, 0) is 20.8 Å². The van der Waals surface area contributed by atoms with Gasteiger partial charge in [-0.25, -0.2) is 4.98 Å². The summed E-state index contributed by atoms with van der Waals surface area (Å²) in [6.07, 6.45) is 7.60. The number of ether oxygens (including phenoxy) is 1. The molecule has 164 valence electrons. The van der Waals surface area contributed by atoms with Gasteiger partial charge in [-0.1, -0.05) is 36.4 Å². The lowest BCUT2D eigenvalue weighted by atomic mass is 9.80. The molecule has 5 rings (SSSR count). The minimum atomic E-state index is -0.827. The first-order valence-electron chi connectivity index (χ1n) is 11.0. The van der Waals surface area contributed by atoms with Crippen molar-refractivity contribution < 1.29 is 19.5 Å². The number of benzene rings is 1. The van der Waals surface area contributed by atoms with Gasteiger partial charge in [0, 0.05) is 24.1 Å². The van der Waals surface area contributed by atoms with Gasteiger partial charge in [-0.05, 0) is 54.2 Å². The van der Waals surface area contributed by atoms with E-state index in [4.69, 9.17) is 9.57 Å². The minimum Gasteiger partial charge on any atom is -0.497 e. The van der Waals surface area contributed by atoms with Gasteiger partial charge in [-0.3, -0.25) is 4.79 Å². The van der Waals surface area contributed by atoms with Crippen molar-refractivity contribution in [3.63, 3.8) is 0 Å². The number of carboxylic acids is 1. The Hall–Kier alpha value is -3.54. The smallest absolute Gasteiger partial charge is 0.307 e. The number of carboxylic acid groups (broad SMARTS) is 1. The second-order valence-electron chi connectivity index (χ2n) is 8.42. The van der Waals surface area contributed by atoms with Crippen LogP contribution in [0.3, 0.4) is 0 Å². The average molecular weight is 431 g/mol. The molecule has 2 unspecified atom stereocenters. The molecule has 1 N–H and O–H groups in total. The number of hydrogen-bond acceptors (Lipinski definition) is 5. The van der Waals surface area contributed by atoms with E-state index in [1.807, 2.05) is 48.4 Å². The third-order valence-corrected chi connectivity index (χ3v) is 6.29. The lowest BCUT2D eigenvalue weighted by molar-refractivity contribution is -0.135. The average Bonchev–Trinajstić information content (AvgIpc) is 2.91. The first kappa shape index (κ1) is 20.4. The van der Waals surface area contributed by atoms with Gasteiger partial charge in [0.15, 0.2) is 11.6 Å². The highest BCUT2D eigenvalue weighted by Crippen LogP contribution is 2.43. The predicted octanol–water partition coefficient (Wildman–Crippen LogP) is 4.76. The van der Waals surface area contributed by atoms with Crippen LogP contribution in [0.25, 0.3) is 5.57 Å². The van der Waals surface area contributed by atoms with Crippen LogP contribution in [0.5, 0.6) is 0 Å². The van der Waals surface area contributed by atoms with Crippen molar-refractivity contribution in [2.24, 2.45) is 11.8 Å². The van der Waals surface area contributed by atoms with Gasteiger partial charge < -0.3 is 14.7 Å². The van der Waals surface area contributed by atoms with Crippen molar-refractivity contribution in [3.05, 3.63) is 89.0 Å². The quantitative estimate of drug-likeness (QED) is 0.757. The van der Waals surface area contributed by atoms with Gasteiger partial charge in [0.1, 0.15) is 5.76 Å². The molecule has 32 heavy (non-hydrogen) atoms. The lowest BCUT2D eigenvalue weighted by Gasteiger charge is -2.31. The number of pyridine rings is 1. The molecule has 0 radical (unpaired) electrons. The van der Waals surface area contributed by atoms with Crippen LogP contribution in [0.1, 0.15) is 30.9 Å². The van der Waals surface area contributed by atoms with Crippen LogP contribution in [0, 0.1) is 11.8 Å². The first-order chi connectivity index (χ1) is 15.6. The Balaban J connectivity index is 1.57. The summed E-state index contributed by atoms with van der Waals surface area (Å²) in [4.78, 5) is 22.5. The molecule has 2 aromatic rings. The maximum absolute atomic E-state index is 11.6. The van der Waals surface area contributed by atoms with E-state index in [2.05, 4.69) is 23.2 Å². The molecule has 1 aromatic heterocycles. The lowest BCUT2D eigenvalue weighted by Crippen LogP contribution is -2.28. The number of carbonyl (C=O) groups is 1. The normalized spacial score (nSPS) is 22.5. The summed E-state index contributed by atoms with van der Waals surface area (Å²) in [6.45, 7) is 3.24. The van der Waals surface area contributed by atoms with Gasteiger partial charge in [0.2, 0.25) is 0 Å². The van der Waals surface area contributed by atoms with E-state index < -0.39 is 5.97 Å². The zero-order valence-electron chi connectivity index (χ0n) is 18.0. The van der Waals surface area contributed by atoms with E-state index in [0.717, 1.165) is 52.5 Å². The molecule has 0 saturated heterocycles. The van der Waals surface area contributed by atoms with Crippen molar-refractivity contribution in [2.45, 2.75) is 26.2 Å². The van der Waals surface area contributed by atoms with Crippen molar-refractivity contribution in [2.75, 3.05) is 18.2 Å². The molecule has 0 amide bonds. The summed E-state index contributed by atoms with van der Waals surface area (Å²) in [5.74, 6) is 1.69. The highest BCUT2D eigenvalue weighted by Gasteiger charge is 2.36. The van der Waals surface area contributed by atoms with Crippen LogP contribution < -0.4 is 5.06 Å². The van der Waals surface area contributed by atoms with E-state index in [1.165, 1.54) is 0 Å². The summed E-state index contributed by atoms with van der Waals surface area (Å²) in [5, 5.41) is 11.4. The number of rotatable bonds is 3. The van der Waals surface area contributed by atoms with Crippen molar-refractivity contribution in [1.29, 1.82) is 0 Å². The summed E-state index contributed by atoms with van der Waals surface area (Å²) in [6, 6.07) is 13.9. The molecule has 2 bridgehead atoms. The highest BCUT2D eigenvalue weighted by atomic mass is 16.7. The minimum absolute atomic E-state index is 0.00686. The van der Waals surface area contributed by atoms with Gasteiger partial charge in [-0.15, -0.1) is 0 Å². The molecule has 6 nitrogen and oxygen atoms in total. The predicted molar refractivity (Wildman–Crippen MR) is 121 cm³/mol. The Kier molecular flexibility index (Phi) is 5.43. The molecule has 3 aliphatic rings. The molecule has 2 heterocycles. The monoisotopic (exact) mass is 430 g/mol. The molecule has 0 fully saturated rings.